The van der Waals surface area contributed by atoms with Crippen LogP contribution in [0, 0.1) is 11.3 Å². The van der Waals surface area contributed by atoms with Crippen LogP contribution in [0.25, 0.3) is 0 Å². The molecule has 3 heteroatoms. The Kier molecular flexibility index (Phi) is 4.74. The molecule has 0 heterocycles. The van der Waals surface area contributed by atoms with Crippen molar-refractivity contribution in [2.24, 2.45) is 0 Å². The number of rotatable bonds is 6. The van der Waals surface area contributed by atoms with Gasteiger partial charge in [0.2, 0.25) is 0 Å². The number of nitrogens with zero attached hydrogens (tertiary/aromatic N) is 2. The van der Waals surface area contributed by atoms with Crippen molar-refractivity contribution in [1.29, 1.82) is 5.26 Å². The molecule has 3 nitrogen and oxygen atoms in total. The Labute approximate surface area is 109 Å². The summed E-state index contributed by atoms with van der Waals surface area (Å²) in [6.07, 6.45) is 4.73. The Bertz CT molecular complexity index is 403. The van der Waals surface area contributed by atoms with Crippen LogP contribution in [0.4, 0.5) is 0 Å². The summed E-state index contributed by atoms with van der Waals surface area (Å²) in [6, 6.07) is 10.6. The number of hydrogen-bond acceptors (Lipinski definition) is 3. The van der Waals surface area contributed by atoms with Gasteiger partial charge in [-0.1, -0.05) is 18.6 Å². The molecule has 1 aliphatic rings. The number of nitriles is 1. The molecule has 0 aliphatic heterocycles. The van der Waals surface area contributed by atoms with Crippen molar-refractivity contribution in [3.8, 4) is 6.07 Å². The minimum absolute atomic E-state index is 0.261. The summed E-state index contributed by atoms with van der Waals surface area (Å²) in [6.45, 7) is 2.15. The van der Waals surface area contributed by atoms with Gasteiger partial charge in [0.1, 0.15) is 0 Å². The van der Waals surface area contributed by atoms with E-state index in [2.05, 4.69) is 11.0 Å². The smallest absolute Gasteiger partial charge is 0.0991 e. The third-order valence-electron chi connectivity index (χ3n) is 3.66. The van der Waals surface area contributed by atoms with E-state index in [4.69, 9.17) is 10.4 Å². The fourth-order valence-electron chi connectivity index (χ4n) is 2.34. The first-order valence-electron chi connectivity index (χ1n) is 6.67. The molecule has 1 fully saturated rings. The van der Waals surface area contributed by atoms with Crippen LogP contribution >= 0.6 is 0 Å². The topological polar surface area (TPSA) is 47.3 Å². The Morgan fingerprint density at radius 2 is 2.00 bits per heavy atom. The lowest BCUT2D eigenvalue weighted by Gasteiger charge is -2.37. The molecular formula is C15H20N2O. The summed E-state index contributed by atoms with van der Waals surface area (Å²) in [4.78, 5) is 2.46. The summed E-state index contributed by atoms with van der Waals surface area (Å²) in [5, 5.41) is 17.7. The molecule has 1 aromatic rings. The Morgan fingerprint density at radius 1 is 1.28 bits per heavy atom. The zero-order valence-electron chi connectivity index (χ0n) is 10.7. The van der Waals surface area contributed by atoms with Crippen molar-refractivity contribution in [2.75, 3.05) is 13.2 Å². The van der Waals surface area contributed by atoms with Crippen molar-refractivity contribution in [2.45, 2.75) is 38.3 Å². The summed E-state index contributed by atoms with van der Waals surface area (Å²) >= 11 is 0. The summed E-state index contributed by atoms with van der Waals surface area (Å²) in [5.41, 5.74) is 1.96. The van der Waals surface area contributed by atoms with E-state index in [1.807, 2.05) is 24.3 Å². The van der Waals surface area contributed by atoms with Gasteiger partial charge in [0, 0.05) is 25.7 Å². The molecule has 96 valence electrons. The molecule has 0 radical (unpaired) electrons. The van der Waals surface area contributed by atoms with E-state index in [-0.39, 0.29) is 6.61 Å². The van der Waals surface area contributed by atoms with Crippen LogP contribution < -0.4 is 0 Å². The quantitative estimate of drug-likeness (QED) is 0.835. The maximum atomic E-state index is 8.96. The number of benzene rings is 1. The van der Waals surface area contributed by atoms with Gasteiger partial charge in [0.05, 0.1) is 11.6 Å². The lowest BCUT2D eigenvalue weighted by molar-refractivity contribution is 0.109. The molecule has 18 heavy (non-hydrogen) atoms. The van der Waals surface area contributed by atoms with E-state index in [0.29, 0.717) is 11.6 Å². The van der Waals surface area contributed by atoms with Crippen LogP contribution in [0.5, 0.6) is 0 Å². The number of aliphatic hydroxyl groups excluding tert-OH is 1. The van der Waals surface area contributed by atoms with Crippen LogP contribution in [-0.2, 0) is 6.54 Å². The fraction of sp³-hybridized carbons (Fsp3) is 0.533. The summed E-state index contributed by atoms with van der Waals surface area (Å²) in [5.74, 6) is 0. The van der Waals surface area contributed by atoms with Crippen molar-refractivity contribution in [3.63, 3.8) is 0 Å². The van der Waals surface area contributed by atoms with E-state index in [1.54, 1.807) is 0 Å². The lowest BCUT2D eigenvalue weighted by Crippen LogP contribution is -2.40. The van der Waals surface area contributed by atoms with Crippen LogP contribution in [0.15, 0.2) is 24.3 Å². The highest BCUT2D eigenvalue weighted by molar-refractivity contribution is 5.31. The molecular weight excluding hydrogens is 224 g/mol. The van der Waals surface area contributed by atoms with Gasteiger partial charge in [0.25, 0.3) is 0 Å². The highest BCUT2D eigenvalue weighted by Crippen LogP contribution is 2.26. The molecule has 0 unspecified atom stereocenters. The molecule has 1 N–H and O–H groups in total. The Balaban J connectivity index is 1.95. The van der Waals surface area contributed by atoms with Gasteiger partial charge < -0.3 is 5.11 Å². The number of hydrogen-bond donors (Lipinski definition) is 1. The molecule has 1 aromatic carbocycles. The standard InChI is InChI=1S/C15H20N2O/c16-11-13-5-7-14(8-6-13)12-17(9-2-10-18)15-3-1-4-15/h5-8,15,18H,1-4,9-10,12H2. The molecule has 1 saturated carbocycles. The van der Waals surface area contributed by atoms with Crippen LogP contribution in [-0.4, -0.2) is 29.2 Å². The van der Waals surface area contributed by atoms with Crippen LogP contribution in [0.2, 0.25) is 0 Å². The van der Waals surface area contributed by atoms with Crippen molar-refractivity contribution < 1.29 is 5.11 Å². The zero-order valence-corrected chi connectivity index (χ0v) is 10.7. The molecule has 0 spiro atoms. The van der Waals surface area contributed by atoms with E-state index in [1.165, 1.54) is 24.8 Å². The van der Waals surface area contributed by atoms with Crippen LogP contribution in [0.1, 0.15) is 36.8 Å². The first-order valence-corrected chi connectivity index (χ1v) is 6.67. The predicted octanol–water partition coefficient (Wildman–Crippen LogP) is 2.30. The van der Waals surface area contributed by atoms with Gasteiger partial charge in [-0.25, -0.2) is 0 Å². The minimum Gasteiger partial charge on any atom is -0.396 e. The number of aliphatic hydroxyl groups is 1. The SMILES string of the molecule is N#Cc1ccc(CN(CCCO)C2CCC2)cc1. The molecule has 0 saturated heterocycles. The van der Waals surface area contributed by atoms with Crippen molar-refractivity contribution >= 4 is 0 Å². The first-order chi connectivity index (χ1) is 8.83. The van der Waals surface area contributed by atoms with E-state index in [0.717, 1.165) is 19.5 Å². The maximum absolute atomic E-state index is 8.96. The average molecular weight is 244 g/mol. The molecule has 0 amide bonds. The van der Waals surface area contributed by atoms with Gasteiger partial charge in [-0.3, -0.25) is 4.90 Å². The van der Waals surface area contributed by atoms with Gasteiger partial charge >= 0.3 is 0 Å². The lowest BCUT2D eigenvalue weighted by atomic mass is 9.91. The summed E-state index contributed by atoms with van der Waals surface area (Å²) in [7, 11) is 0. The first kappa shape index (κ1) is 13.1. The van der Waals surface area contributed by atoms with Gasteiger partial charge in [0.15, 0.2) is 0 Å². The van der Waals surface area contributed by atoms with E-state index in [9.17, 15) is 0 Å². The molecule has 0 aromatic heterocycles. The Hall–Kier alpha value is -1.37. The highest BCUT2D eigenvalue weighted by atomic mass is 16.3. The molecule has 0 bridgehead atoms. The van der Waals surface area contributed by atoms with Crippen molar-refractivity contribution in [1.82, 2.24) is 4.90 Å². The van der Waals surface area contributed by atoms with Gasteiger partial charge in [-0.05, 0) is 37.0 Å². The second-order valence-electron chi connectivity index (χ2n) is 4.94. The zero-order chi connectivity index (χ0) is 12.8. The normalized spacial score (nSPS) is 15.4. The molecule has 1 aliphatic carbocycles. The van der Waals surface area contributed by atoms with E-state index >= 15 is 0 Å². The third-order valence-corrected chi connectivity index (χ3v) is 3.66. The van der Waals surface area contributed by atoms with Crippen molar-refractivity contribution in [3.05, 3.63) is 35.4 Å². The fourth-order valence-corrected chi connectivity index (χ4v) is 2.34. The maximum Gasteiger partial charge on any atom is 0.0991 e. The minimum atomic E-state index is 0.261. The molecule has 2 rings (SSSR count). The van der Waals surface area contributed by atoms with Crippen LogP contribution in [0.3, 0.4) is 0 Å². The Morgan fingerprint density at radius 3 is 2.50 bits per heavy atom. The van der Waals surface area contributed by atoms with E-state index < -0.39 is 0 Å². The van der Waals surface area contributed by atoms with Gasteiger partial charge in [-0.2, -0.15) is 5.26 Å². The largest absolute Gasteiger partial charge is 0.396 e. The predicted molar refractivity (Wildman–Crippen MR) is 70.9 cm³/mol. The summed E-state index contributed by atoms with van der Waals surface area (Å²) < 4.78 is 0. The monoisotopic (exact) mass is 244 g/mol. The highest BCUT2D eigenvalue weighted by Gasteiger charge is 2.24. The third kappa shape index (κ3) is 3.32. The van der Waals surface area contributed by atoms with Gasteiger partial charge in [-0.15, -0.1) is 0 Å². The average Bonchev–Trinajstić information content (AvgIpc) is 2.34. The second-order valence-corrected chi connectivity index (χ2v) is 4.94. The second kappa shape index (κ2) is 6.53. The molecule has 0 atom stereocenters.